The topological polar surface area (TPSA) is 46.5 Å². The third kappa shape index (κ3) is 14.0. The lowest BCUT2D eigenvalue weighted by Gasteiger charge is -2.14. The molecule has 0 bridgehead atoms. The van der Waals surface area contributed by atoms with Gasteiger partial charge in [0.25, 0.3) is 0 Å². The molecule has 0 saturated carbocycles. The first-order chi connectivity index (χ1) is 11.1. The van der Waals surface area contributed by atoms with Crippen LogP contribution in [0.1, 0.15) is 96.8 Å². The van der Waals surface area contributed by atoms with Gasteiger partial charge in [0, 0.05) is 0 Å². The van der Waals surface area contributed by atoms with Crippen LogP contribution in [-0.2, 0) is 9.53 Å². The van der Waals surface area contributed by atoms with Crippen LogP contribution in [0.3, 0.4) is 0 Å². The van der Waals surface area contributed by atoms with Gasteiger partial charge in [-0.2, -0.15) is 0 Å². The Morgan fingerprint density at radius 1 is 0.870 bits per heavy atom. The average Bonchev–Trinajstić information content (AvgIpc) is 2.57. The number of unbranched alkanes of at least 4 members (excludes halogenated alkanes) is 12. The Morgan fingerprint density at radius 2 is 1.26 bits per heavy atom. The molecule has 23 heavy (non-hydrogen) atoms. The summed E-state index contributed by atoms with van der Waals surface area (Å²) in [6.07, 6.45) is 17.0. The fourth-order valence-electron chi connectivity index (χ4n) is 2.78. The van der Waals surface area contributed by atoms with Crippen LogP contribution in [0, 0.1) is 0 Å². The van der Waals surface area contributed by atoms with E-state index in [9.17, 15) is 9.90 Å². The summed E-state index contributed by atoms with van der Waals surface area (Å²) in [7, 11) is 1.30. The molecule has 0 heterocycles. The lowest BCUT2D eigenvalue weighted by Crippen LogP contribution is -2.30. The van der Waals surface area contributed by atoms with Crippen molar-refractivity contribution in [1.29, 1.82) is 0 Å². The molecule has 0 fully saturated rings. The monoisotopic (exact) mass is 392 g/mol. The lowest BCUT2D eigenvalue weighted by atomic mass is 10.0. The molecule has 0 unspecified atom stereocenters. The number of carbonyl (C=O) groups excluding carboxylic acids is 1. The van der Waals surface area contributed by atoms with Gasteiger partial charge in [-0.15, -0.1) is 0 Å². The van der Waals surface area contributed by atoms with Crippen LogP contribution in [0.2, 0.25) is 0 Å². The van der Waals surface area contributed by atoms with Crippen molar-refractivity contribution < 1.29 is 14.6 Å². The summed E-state index contributed by atoms with van der Waals surface area (Å²) in [6.45, 7) is 2.26. The SMILES string of the molecule is CCCCCCCCCCCCCCC[C@H](Br)[C@H](O)C(=O)OC. The normalized spacial score (nSPS) is 13.7. The van der Waals surface area contributed by atoms with Gasteiger partial charge in [0.15, 0.2) is 6.10 Å². The highest BCUT2D eigenvalue weighted by Crippen LogP contribution is 2.17. The number of esters is 1. The predicted octanol–water partition coefficient (Wildman–Crippen LogP) is 5.77. The highest BCUT2D eigenvalue weighted by Gasteiger charge is 2.23. The first-order valence-electron chi connectivity index (χ1n) is 9.53. The summed E-state index contributed by atoms with van der Waals surface area (Å²) in [5, 5.41) is 9.66. The van der Waals surface area contributed by atoms with Crippen LogP contribution >= 0.6 is 15.9 Å². The molecule has 0 spiro atoms. The van der Waals surface area contributed by atoms with Gasteiger partial charge in [-0.1, -0.05) is 106 Å². The summed E-state index contributed by atoms with van der Waals surface area (Å²) in [5.74, 6) is -0.554. The highest BCUT2D eigenvalue weighted by molar-refractivity contribution is 9.09. The number of methoxy groups -OCH3 is 1. The van der Waals surface area contributed by atoms with Crippen molar-refractivity contribution in [2.75, 3.05) is 7.11 Å². The zero-order chi connectivity index (χ0) is 17.3. The van der Waals surface area contributed by atoms with Crippen molar-refractivity contribution in [3.05, 3.63) is 0 Å². The molecular weight excluding hydrogens is 356 g/mol. The molecule has 4 heteroatoms. The van der Waals surface area contributed by atoms with E-state index in [1.807, 2.05) is 0 Å². The Bertz CT molecular complexity index is 271. The number of alkyl halides is 1. The molecule has 138 valence electrons. The summed E-state index contributed by atoms with van der Waals surface area (Å²) < 4.78 is 4.53. The van der Waals surface area contributed by atoms with Crippen molar-refractivity contribution in [2.45, 2.75) is 108 Å². The molecule has 0 saturated heterocycles. The molecule has 0 aliphatic heterocycles. The van der Waals surface area contributed by atoms with E-state index in [0.717, 1.165) is 12.8 Å². The molecular formula is C19H37BrO3. The van der Waals surface area contributed by atoms with Gasteiger partial charge in [-0.3, -0.25) is 0 Å². The van der Waals surface area contributed by atoms with E-state index in [4.69, 9.17) is 0 Å². The van der Waals surface area contributed by atoms with Gasteiger partial charge in [0.05, 0.1) is 11.9 Å². The summed E-state index contributed by atoms with van der Waals surface area (Å²) in [6, 6.07) is 0. The minimum absolute atomic E-state index is 0.192. The number of aliphatic hydroxyl groups is 1. The Labute approximate surface area is 151 Å². The maximum Gasteiger partial charge on any atom is 0.335 e. The molecule has 0 aromatic rings. The Balaban J connectivity index is 3.26. The van der Waals surface area contributed by atoms with Gasteiger partial charge < -0.3 is 9.84 Å². The van der Waals surface area contributed by atoms with Gasteiger partial charge in [0.2, 0.25) is 0 Å². The summed E-state index contributed by atoms with van der Waals surface area (Å²) in [5.41, 5.74) is 0. The molecule has 0 aliphatic rings. The van der Waals surface area contributed by atoms with Crippen molar-refractivity contribution in [3.63, 3.8) is 0 Å². The minimum atomic E-state index is -1.04. The third-order valence-electron chi connectivity index (χ3n) is 4.37. The lowest BCUT2D eigenvalue weighted by molar-refractivity contribution is -0.150. The van der Waals surface area contributed by atoms with Gasteiger partial charge in [-0.05, 0) is 6.42 Å². The molecule has 0 aromatic carbocycles. The first-order valence-corrected chi connectivity index (χ1v) is 10.4. The number of hydrogen-bond donors (Lipinski definition) is 1. The van der Waals surface area contributed by atoms with Crippen LogP contribution in [0.5, 0.6) is 0 Å². The van der Waals surface area contributed by atoms with Crippen molar-refractivity contribution in [3.8, 4) is 0 Å². The van der Waals surface area contributed by atoms with E-state index in [-0.39, 0.29) is 4.83 Å². The largest absolute Gasteiger partial charge is 0.467 e. The van der Waals surface area contributed by atoms with Gasteiger partial charge in [-0.25, -0.2) is 4.79 Å². The quantitative estimate of drug-likeness (QED) is 0.206. The highest BCUT2D eigenvalue weighted by atomic mass is 79.9. The summed E-state index contributed by atoms with van der Waals surface area (Å²) >= 11 is 3.37. The van der Waals surface area contributed by atoms with Crippen LogP contribution < -0.4 is 0 Å². The molecule has 0 aliphatic carbocycles. The standard InChI is InChI=1S/C19H37BrO3/c1-3-4-5-6-7-8-9-10-11-12-13-14-15-16-17(20)18(21)19(22)23-2/h17-18,21H,3-16H2,1-2H3/t17-,18-/m0/s1. The minimum Gasteiger partial charge on any atom is -0.467 e. The Morgan fingerprint density at radius 3 is 1.65 bits per heavy atom. The van der Waals surface area contributed by atoms with E-state index in [1.165, 1.54) is 84.2 Å². The molecule has 0 amide bonds. The van der Waals surface area contributed by atoms with Crippen molar-refractivity contribution in [1.82, 2.24) is 0 Å². The smallest absolute Gasteiger partial charge is 0.335 e. The fraction of sp³-hybridized carbons (Fsp3) is 0.947. The van der Waals surface area contributed by atoms with Crippen LogP contribution in [-0.4, -0.2) is 29.1 Å². The molecule has 1 N–H and O–H groups in total. The molecule has 2 atom stereocenters. The van der Waals surface area contributed by atoms with Gasteiger partial charge in [0.1, 0.15) is 0 Å². The maximum atomic E-state index is 11.2. The number of rotatable bonds is 16. The number of halogens is 1. The Hall–Kier alpha value is -0.0900. The van der Waals surface area contributed by atoms with Crippen molar-refractivity contribution >= 4 is 21.9 Å². The molecule has 0 rings (SSSR count). The first kappa shape index (κ1) is 22.9. The third-order valence-corrected chi connectivity index (χ3v) is 5.33. The number of aliphatic hydroxyl groups excluding tert-OH is 1. The van der Waals surface area contributed by atoms with E-state index in [1.54, 1.807) is 0 Å². The molecule has 0 aromatic heterocycles. The second-order valence-electron chi connectivity index (χ2n) is 6.52. The van der Waals surface area contributed by atoms with E-state index >= 15 is 0 Å². The van der Waals surface area contributed by atoms with Crippen LogP contribution in [0.25, 0.3) is 0 Å². The second kappa shape index (κ2) is 16.8. The Kier molecular flexibility index (Phi) is 16.7. The van der Waals surface area contributed by atoms with E-state index in [0.29, 0.717) is 0 Å². The van der Waals surface area contributed by atoms with Crippen molar-refractivity contribution in [2.24, 2.45) is 0 Å². The number of ether oxygens (including phenoxy) is 1. The number of carbonyl (C=O) groups is 1. The molecule has 0 radical (unpaired) electrons. The zero-order valence-electron chi connectivity index (χ0n) is 15.2. The fourth-order valence-corrected chi connectivity index (χ4v) is 3.32. The average molecular weight is 393 g/mol. The predicted molar refractivity (Wildman–Crippen MR) is 101 cm³/mol. The second-order valence-corrected chi connectivity index (χ2v) is 7.69. The van der Waals surface area contributed by atoms with Crippen LogP contribution in [0.15, 0.2) is 0 Å². The zero-order valence-corrected chi connectivity index (χ0v) is 16.8. The maximum absolute atomic E-state index is 11.2. The molecule has 3 nitrogen and oxygen atoms in total. The summed E-state index contributed by atoms with van der Waals surface area (Å²) in [4.78, 5) is 11.0. The van der Waals surface area contributed by atoms with Gasteiger partial charge >= 0.3 is 5.97 Å². The van der Waals surface area contributed by atoms with Crippen LogP contribution in [0.4, 0.5) is 0 Å². The van der Waals surface area contributed by atoms with E-state index < -0.39 is 12.1 Å². The van der Waals surface area contributed by atoms with E-state index in [2.05, 4.69) is 27.6 Å². The number of hydrogen-bond acceptors (Lipinski definition) is 3.